The van der Waals surface area contributed by atoms with Crippen molar-refractivity contribution in [2.24, 2.45) is 0 Å². The van der Waals surface area contributed by atoms with Gasteiger partial charge in [0.1, 0.15) is 11.6 Å². The maximum absolute atomic E-state index is 13.6. The van der Waals surface area contributed by atoms with Gasteiger partial charge in [0.25, 0.3) is 5.91 Å². The highest BCUT2D eigenvalue weighted by atomic mass is 35.5. The van der Waals surface area contributed by atoms with Crippen LogP contribution in [0.5, 0.6) is 0 Å². The van der Waals surface area contributed by atoms with Crippen molar-refractivity contribution in [2.75, 3.05) is 20.1 Å². The molecule has 1 aliphatic heterocycles. The highest BCUT2D eigenvalue weighted by molar-refractivity contribution is 7.94. The second-order valence-electron chi connectivity index (χ2n) is 6.41. The third-order valence-corrected chi connectivity index (χ3v) is 5.43. The Morgan fingerprint density at radius 3 is 2.52 bits per heavy atom. The van der Waals surface area contributed by atoms with E-state index in [2.05, 4.69) is 5.32 Å². The minimum atomic E-state index is -0.720. The predicted molar refractivity (Wildman–Crippen MR) is 109 cm³/mol. The van der Waals surface area contributed by atoms with Crippen molar-refractivity contribution in [3.63, 3.8) is 0 Å². The maximum atomic E-state index is 13.6. The molecule has 0 aliphatic carbocycles. The van der Waals surface area contributed by atoms with Crippen molar-refractivity contribution in [3.8, 4) is 0 Å². The lowest BCUT2D eigenvalue weighted by atomic mass is 9.95. The molecule has 3 rings (SSSR count). The first-order valence-corrected chi connectivity index (χ1v) is 9.76. The van der Waals surface area contributed by atoms with Crippen LogP contribution in [0.1, 0.15) is 22.3 Å². The Hall–Kier alpha value is -2.45. The number of hydrogen-bond donors (Lipinski definition) is 2. The second-order valence-corrected chi connectivity index (χ2v) is 7.41. The molecule has 0 radical (unpaired) electrons. The number of rotatable bonds is 4. The summed E-state index contributed by atoms with van der Waals surface area (Å²) in [5, 5.41) is 11.4. The number of piperidine rings is 1. The Balaban J connectivity index is 1.89. The van der Waals surface area contributed by atoms with Gasteiger partial charge in [-0.1, -0.05) is 17.7 Å². The lowest BCUT2D eigenvalue weighted by Gasteiger charge is -2.31. The molecule has 1 aliphatic rings. The summed E-state index contributed by atoms with van der Waals surface area (Å²) < 4.78 is 40.4. The van der Waals surface area contributed by atoms with E-state index in [1.165, 1.54) is 29.2 Å². The third-order valence-electron chi connectivity index (χ3n) is 4.61. The van der Waals surface area contributed by atoms with E-state index >= 15 is 0 Å². The molecule has 0 saturated carbocycles. The van der Waals surface area contributed by atoms with Crippen molar-refractivity contribution >= 4 is 41.1 Å². The van der Waals surface area contributed by atoms with E-state index in [4.69, 9.17) is 17.0 Å². The third kappa shape index (κ3) is 4.43. The summed E-state index contributed by atoms with van der Waals surface area (Å²) in [6.45, 7) is 0.222. The zero-order valence-corrected chi connectivity index (χ0v) is 16.9. The van der Waals surface area contributed by atoms with E-state index in [0.29, 0.717) is 17.7 Å². The molecule has 9 heteroatoms. The summed E-state index contributed by atoms with van der Waals surface area (Å²) in [6.07, 6.45) is 0.293. The first-order valence-electron chi connectivity index (χ1n) is 8.67. The predicted octanol–water partition coefficient (Wildman–Crippen LogP) is 5.09. The zero-order valence-electron chi connectivity index (χ0n) is 15.4. The van der Waals surface area contributed by atoms with Crippen molar-refractivity contribution in [2.45, 2.75) is 11.3 Å². The van der Waals surface area contributed by atoms with Gasteiger partial charge in [0.15, 0.2) is 0 Å². The number of benzene rings is 2. The summed E-state index contributed by atoms with van der Waals surface area (Å²) >= 11 is 6.03. The monoisotopic (exact) mass is 439 g/mol. The molecule has 1 heterocycles. The van der Waals surface area contributed by atoms with Gasteiger partial charge in [0, 0.05) is 36.5 Å². The molecule has 29 heavy (non-hydrogen) atoms. The smallest absolute Gasteiger partial charge is 0.256 e. The van der Waals surface area contributed by atoms with Gasteiger partial charge >= 0.3 is 0 Å². The molecule has 2 N–H and O–H groups in total. The molecule has 1 fully saturated rings. The highest BCUT2D eigenvalue weighted by Crippen LogP contribution is 2.32. The topological polar surface area (TPSA) is 56.2 Å². The minimum Gasteiger partial charge on any atom is -0.387 e. The van der Waals surface area contributed by atoms with E-state index in [9.17, 15) is 17.5 Å². The van der Waals surface area contributed by atoms with Crippen LogP contribution in [0.25, 0.3) is 5.70 Å². The Bertz CT molecular complexity index is 992. The molecule has 2 aromatic rings. The van der Waals surface area contributed by atoms with Crippen molar-refractivity contribution in [1.82, 2.24) is 10.2 Å². The molecular formula is C20H17ClF3N3OS. The summed E-state index contributed by atoms with van der Waals surface area (Å²) in [7, 11) is 1.60. The number of likely N-dealkylation sites (tertiary alicyclic amines) is 1. The molecule has 4 nitrogen and oxygen atoms in total. The number of amides is 1. The molecule has 0 unspecified atom stereocenters. The van der Waals surface area contributed by atoms with E-state index in [1.807, 2.05) is 0 Å². The molecule has 0 spiro atoms. The van der Waals surface area contributed by atoms with Gasteiger partial charge in [0.05, 0.1) is 39.9 Å². The van der Waals surface area contributed by atoms with Crippen molar-refractivity contribution in [3.05, 3.63) is 69.8 Å². The number of hydrogen-bond acceptors (Lipinski definition) is 4. The second kappa shape index (κ2) is 8.92. The number of carbonyl (C=O) groups excluding carboxylic acids is 1. The lowest BCUT2D eigenvalue weighted by Crippen LogP contribution is -2.42. The Labute approximate surface area is 175 Å². The SMILES string of the molecule is CN/C(=C1/CCN(C(=O)c2c(Cl)cccc2SF)CC1=N)c1cc(F)cc(F)c1. The van der Waals surface area contributed by atoms with Crippen LogP contribution in [0.15, 0.2) is 46.9 Å². The normalized spacial score (nSPS) is 16.0. The van der Waals surface area contributed by atoms with Crippen LogP contribution in [0.3, 0.4) is 0 Å². The summed E-state index contributed by atoms with van der Waals surface area (Å²) in [5.41, 5.74) is 1.45. The van der Waals surface area contributed by atoms with Gasteiger partial charge in [-0.15, -0.1) is 0 Å². The highest BCUT2D eigenvalue weighted by Gasteiger charge is 2.29. The van der Waals surface area contributed by atoms with Gasteiger partial charge in [-0.05, 0) is 30.7 Å². The van der Waals surface area contributed by atoms with Crippen molar-refractivity contribution in [1.29, 1.82) is 5.41 Å². The van der Waals surface area contributed by atoms with Crippen LogP contribution < -0.4 is 5.32 Å². The molecule has 1 saturated heterocycles. The average Bonchev–Trinajstić information content (AvgIpc) is 2.68. The zero-order chi connectivity index (χ0) is 21.1. The molecule has 0 atom stereocenters. The number of nitrogens with zero attached hydrogens (tertiary/aromatic N) is 1. The molecule has 152 valence electrons. The van der Waals surface area contributed by atoms with Gasteiger partial charge < -0.3 is 15.6 Å². The summed E-state index contributed by atoms with van der Waals surface area (Å²) in [5.74, 6) is -1.91. The molecule has 2 aromatic carbocycles. The quantitative estimate of drug-likeness (QED) is 0.697. The van der Waals surface area contributed by atoms with Crippen LogP contribution in [0.4, 0.5) is 12.7 Å². The summed E-state index contributed by atoms with van der Waals surface area (Å²) in [6, 6.07) is 7.66. The fourth-order valence-electron chi connectivity index (χ4n) is 3.31. The lowest BCUT2D eigenvalue weighted by molar-refractivity contribution is 0.0772. The fraction of sp³-hybridized carbons (Fsp3) is 0.200. The maximum Gasteiger partial charge on any atom is 0.256 e. The molecule has 0 aromatic heterocycles. The van der Waals surface area contributed by atoms with Crippen LogP contribution in [-0.2, 0) is 0 Å². The van der Waals surface area contributed by atoms with Crippen LogP contribution in [-0.4, -0.2) is 36.7 Å². The Kier molecular flexibility index (Phi) is 6.54. The van der Waals surface area contributed by atoms with E-state index in [0.717, 1.165) is 6.07 Å². The first-order chi connectivity index (χ1) is 13.8. The van der Waals surface area contributed by atoms with Gasteiger partial charge in [0.2, 0.25) is 0 Å². The molecule has 0 bridgehead atoms. The minimum absolute atomic E-state index is 0.0290. The molecule has 1 amide bonds. The van der Waals surface area contributed by atoms with Crippen molar-refractivity contribution < 1.29 is 17.5 Å². The standard InChI is InChI=1S/C20H17ClF3N3OS/c1-26-19(11-7-12(22)9-13(23)8-11)14-5-6-27(10-16(14)25)20(28)18-15(21)3-2-4-17(18)29-24/h2-4,7-9,25-26H,5-6,10H2,1H3/b19-14-,25-16?. The molecular weight excluding hydrogens is 423 g/mol. The number of nitrogens with one attached hydrogen (secondary N) is 2. The van der Waals surface area contributed by atoms with Crippen LogP contribution in [0, 0.1) is 17.0 Å². The Morgan fingerprint density at radius 1 is 1.24 bits per heavy atom. The van der Waals surface area contributed by atoms with Gasteiger partial charge in [-0.3, -0.25) is 4.79 Å². The number of carbonyl (C=O) groups is 1. The van der Waals surface area contributed by atoms with E-state index in [1.54, 1.807) is 13.1 Å². The number of halogens is 4. The summed E-state index contributed by atoms with van der Waals surface area (Å²) in [4.78, 5) is 14.4. The average molecular weight is 440 g/mol. The first kappa shape index (κ1) is 21.3. The van der Waals surface area contributed by atoms with Crippen LogP contribution in [0.2, 0.25) is 5.02 Å². The van der Waals surface area contributed by atoms with E-state index in [-0.39, 0.29) is 52.0 Å². The largest absolute Gasteiger partial charge is 0.387 e. The van der Waals surface area contributed by atoms with Crippen LogP contribution >= 0.6 is 23.7 Å². The van der Waals surface area contributed by atoms with Gasteiger partial charge in [-0.2, -0.15) is 3.89 Å². The fourth-order valence-corrected chi connectivity index (χ4v) is 4.03. The van der Waals surface area contributed by atoms with E-state index < -0.39 is 17.5 Å². The van der Waals surface area contributed by atoms with Gasteiger partial charge in [-0.25, -0.2) is 8.78 Å². The Morgan fingerprint density at radius 2 is 1.93 bits per heavy atom.